The van der Waals surface area contributed by atoms with Gasteiger partial charge >= 0.3 is 23.9 Å². The highest BCUT2D eigenvalue weighted by molar-refractivity contribution is 6.18. The van der Waals surface area contributed by atoms with Crippen LogP contribution in [0, 0.1) is 29.1 Å². The summed E-state index contributed by atoms with van der Waals surface area (Å²) < 4.78 is 33.5. The molecule has 0 aliphatic carbocycles. The number of carbonyl (C=O) groups is 4. The molecule has 8 atom stereocenters. The minimum absolute atomic E-state index is 0. The van der Waals surface area contributed by atoms with E-state index in [9.17, 15) is 24.3 Å². The van der Waals surface area contributed by atoms with Crippen LogP contribution in [0.25, 0.3) is 49.8 Å². The van der Waals surface area contributed by atoms with Crippen molar-refractivity contribution in [2.24, 2.45) is 27.9 Å². The second-order valence-electron chi connectivity index (χ2n) is 26.6. The average molecular weight is 1290 g/mol. The Hall–Kier alpha value is -7.28. The Balaban J connectivity index is 0.000000134. The number of para-hydroxylation sites is 3. The maximum absolute atomic E-state index is 13.6. The molecule has 0 radical (unpaired) electrons. The number of aromatic nitrogens is 4. The fourth-order valence-corrected chi connectivity index (χ4v) is 17.9. The molecule has 0 amide bonds. The van der Waals surface area contributed by atoms with Crippen molar-refractivity contribution in [1.29, 1.82) is 0 Å². The molecule has 9 aliphatic heterocycles. The van der Waals surface area contributed by atoms with Crippen molar-refractivity contribution in [2.75, 3.05) is 60.6 Å². The summed E-state index contributed by atoms with van der Waals surface area (Å²) >= 11 is 0. The summed E-state index contributed by atoms with van der Waals surface area (Å²) in [7, 11) is 4.33. The molecular weight excluding hydrogens is 1190 g/mol. The molecule has 3 fully saturated rings. The van der Waals surface area contributed by atoms with Crippen molar-refractivity contribution >= 4 is 85.9 Å². The number of aliphatic carboxylic acids is 1. The third-order valence-corrected chi connectivity index (χ3v) is 22.1. The number of benzene rings is 3. The molecule has 7 aromatic rings. The molecule has 93 heavy (non-hydrogen) atoms. The van der Waals surface area contributed by atoms with E-state index in [1.165, 1.54) is 89.1 Å². The Labute approximate surface area is 554 Å². The van der Waals surface area contributed by atoms with E-state index in [1.807, 2.05) is 17.6 Å². The number of fused-ring (bicyclic) bond motifs is 9. The summed E-state index contributed by atoms with van der Waals surface area (Å²) in [5, 5.41) is 13.8. The monoisotopic (exact) mass is 1290 g/mol. The molecule has 3 saturated heterocycles. The van der Waals surface area contributed by atoms with Crippen LogP contribution in [0.15, 0.2) is 95.4 Å². The van der Waals surface area contributed by atoms with Crippen molar-refractivity contribution in [3.63, 3.8) is 0 Å². The fraction of sp³-hybridized carbons (Fsp3) is 0.507. The first-order valence-corrected chi connectivity index (χ1v) is 33.7. The molecule has 0 bridgehead atoms. The van der Waals surface area contributed by atoms with Crippen molar-refractivity contribution in [3.05, 3.63) is 136 Å². The van der Waals surface area contributed by atoms with Gasteiger partial charge in [0.05, 0.1) is 67.6 Å². The first-order valence-electron chi connectivity index (χ1n) is 34.4. The number of Topliss-reactive ketones (excluding diaryl/α,β-unsaturated/α-hetero) is 1. The largest absolute Gasteiger partial charge is 0.477 e. The molecule has 18 heteroatoms. The number of allylic oxidation sites excluding steroid dienone is 1. The first kappa shape index (κ1) is 65.8. The van der Waals surface area contributed by atoms with Gasteiger partial charge in [0.1, 0.15) is 23.1 Å². The lowest BCUT2D eigenvalue weighted by Gasteiger charge is -2.53. The Morgan fingerprint density at radius 1 is 0.634 bits per heavy atom. The molecule has 16 rings (SSSR count). The first-order chi connectivity index (χ1) is 44.9. The molecule has 9 aliphatic rings. The summed E-state index contributed by atoms with van der Waals surface area (Å²) in [5.41, 5.74) is 20.0. The Kier molecular flexibility index (Phi) is 19.0. The van der Waals surface area contributed by atoms with Gasteiger partial charge in [-0.2, -0.15) is 0 Å². The number of halogens is 1. The summed E-state index contributed by atoms with van der Waals surface area (Å²) in [6, 6.07) is 26.2. The lowest BCUT2D eigenvalue weighted by molar-refractivity contribution is -0.146. The number of carboxylic acid groups (broad SMARTS) is 1. The van der Waals surface area contributed by atoms with E-state index in [2.05, 4.69) is 134 Å². The summed E-state index contributed by atoms with van der Waals surface area (Å²) in [4.78, 5) is 60.5. The molecule has 4 aromatic heterocycles. The van der Waals surface area contributed by atoms with Crippen LogP contribution < -0.4 is 10.5 Å². The predicted molar refractivity (Wildman–Crippen MR) is 368 cm³/mol. The van der Waals surface area contributed by atoms with Crippen molar-refractivity contribution in [3.8, 4) is 5.95 Å². The summed E-state index contributed by atoms with van der Waals surface area (Å²) in [5.74, 6) is -0.760. The molecule has 17 nitrogen and oxygen atoms in total. The van der Waals surface area contributed by atoms with Crippen LogP contribution in [0.5, 0.6) is 5.95 Å². The predicted octanol–water partition coefficient (Wildman–Crippen LogP) is 13.9. The van der Waals surface area contributed by atoms with E-state index in [0.717, 1.165) is 125 Å². The van der Waals surface area contributed by atoms with E-state index in [4.69, 9.17) is 26.0 Å². The van der Waals surface area contributed by atoms with Gasteiger partial charge in [-0.25, -0.2) is 9.78 Å². The highest BCUT2D eigenvalue weighted by Gasteiger charge is 2.54. The maximum atomic E-state index is 13.6. The number of oxazole rings is 1. The van der Waals surface area contributed by atoms with Crippen molar-refractivity contribution < 1.29 is 44.3 Å². The molecule has 0 saturated carbocycles. The highest BCUT2D eigenvalue weighted by Crippen LogP contribution is 2.61. The number of rotatable bonds is 11. The number of methoxy groups -OCH3 is 3. The van der Waals surface area contributed by atoms with Crippen LogP contribution in [-0.2, 0) is 47.9 Å². The van der Waals surface area contributed by atoms with Gasteiger partial charge in [-0.05, 0) is 164 Å². The van der Waals surface area contributed by atoms with Gasteiger partial charge in [0.15, 0.2) is 5.78 Å². The number of hydrogen-bond acceptors (Lipinski definition) is 13. The van der Waals surface area contributed by atoms with Crippen LogP contribution in [0.1, 0.15) is 178 Å². The van der Waals surface area contributed by atoms with E-state index >= 15 is 0 Å². The van der Waals surface area contributed by atoms with Crippen LogP contribution in [0.2, 0.25) is 0 Å². The molecule has 0 spiro atoms. The van der Waals surface area contributed by atoms with Gasteiger partial charge in [0.2, 0.25) is 5.89 Å². The van der Waals surface area contributed by atoms with E-state index in [-0.39, 0.29) is 52.8 Å². The van der Waals surface area contributed by atoms with E-state index in [0.29, 0.717) is 42.6 Å². The molecule has 3 N–H and O–H groups in total. The second kappa shape index (κ2) is 26.8. The van der Waals surface area contributed by atoms with Crippen LogP contribution in [0.4, 0.5) is 0 Å². The third kappa shape index (κ3) is 11.0. The second-order valence-corrected chi connectivity index (χ2v) is 26.6. The number of nitrogens with two attached hydrogens (primary N) is 1. The zero-order valence-corrected chi connectivity index (χ0v) is 56.8. The quantitative estimate of drug-likeness (QED) is 0.116. The number of esters is 2. The smallest absolute Gasteiger partial charge is 0.352 e. The average Bonchev–Trinajstić information content (AvgIpc) is 1.51. The van der Waals surface area contributed by atoms with E-state index in [1.54, 1.807) is 27.9 Å². The van der Waals surface area contributed by atoms with Crippen LogP contribution >= 0.6 is 12.4 Å². The number of hydrogen-bond donors (Lipinski definition) is 2. The number of carbonyl (C=O) groups excluding carboxylic acids is 3. The minimum Gasteiger partial charge on any atom is -0.477 e. The Bertz CT molecular complexity index is 4140. The van der Waals surface area contributed by atoms with Crippen LogP contribution in [-0.4, -0.2) is 129 Å². The number of nitrogens with zero attached hydrogens (tertiary/aromatic N) is 7. The normalized spacial score (nSPS) is 25.0. The fourth-order valence-electron chi connectivity index (χ4n) is 17.9. The topological polar surface area (TPSA) is 193 Å². The molecule has 0 unspecified atom stereocenters. The standard InChI is InChI=1S/C25H30N2O3.C24H27N3O2.C20H22N2O2.C4H9NO2.C2H6.ClH/c1-4-25-11-7-12-26-13-10-18-17-8-5-6-9-19(17)27(22(18)23(25)26)20(15-25)21(28)14-16(2)24(29)30-3;1-4-24-11-7-12-26-13-10-17-16-8-5-6-9-18(16)27(20(17)21(24)26)19(14-24)22-25-15(2)23(28-3)29-22;1-2-20-9-5-10-21-11-8-14-13-6-3-4-7-15(13)22(17(14)18(20)21)16(12-20)19(23)24;1-3(5)4(6)7-2;1-2;/h5-6,8-9,15-16,23H,4,7,10-14H2,1-3H3;5-6,8-9,14,21H,4,7,10-13H2,1-3H3;3-4,6-7,12,18H,2,5,8-11H2,1H3,(H,23,24);3H,5H2,1-2H3;1-2H3;1H/t16-,23-,25+;21-,24+;18-,20+;3-;;/m1110../s1/i;;;;1D;. The highest BCUT2D eigenvalue weighted by atomic mass is 35.5. The number of carboxylic acids is 1. The van der Waals surface area contributed by atoms with Crippen molar-refractivity contribution in [2.45, 2.75) is 163 Å². The van der Waals surface area contributed by atoms with Crippen molar-refractivity contribution in [1.82, 2.24) is 33.4 Å². The molecule has 3 aromatic carbocycles. The van der Waals surface area contributed by atoms with Crippen LogP contribution in [0.3, 0.4) is 0 Å². The lowest BCUT2D eigenvalue weighted by Crippen LogP contribution is -2.51. The number of aryl methyl sites for hydroxylation is 1. The van der Waals surface area contributed by atoms with Gasteiger partial charge in [-0.15, -0.1) is 12.4 Å². The zero-order valence-electron chi connectivity index (χ0n) is 57.0. The molecule has 496 valence electrons. The zero-order chi connectivity index (χ0) is 65.8. The Morgan fingerprint density at radius 2 is 1.03 bits per heavy atom. The van der Waals surface area contributed by atoms with Gasteiger partial charge < -0.3 is 43.2 Å². The third-order valence-electron chi connectivity index (χ3n) is 22.1. The van der Waals surface area contributed by atoms with Gasteiger partial charge in [0, 0.05) is 76.9 Å². The summed E-state index contributed by atoms with van der Waals surface area (Å²) in [6.45, 7) is 21.2. The van der Waals surface area contributed by atoms with Gasteiger partial charge in [0.25, 0.3) is 0 Å². The summed E-state index contributed by atoms with van der Waals surface area (Å²) in [6.07, 6.45) is 20.3. The van der Waals surface area contributed by atoms with Gasteiger partial charge in [-0.1, -0.05) is 96.1 Å². The minimum atomic E-state index is -0.812. The maximum Gasteiger partial charge on any atom is 0.352 e. The SMILES string of the molecule is CC[C@@]12C=C(C(=O)C[C@@H](C)C(=O)OC)n3c4c(c5ccccc53)CCN(CCC1)[C@H]42.CC[C@@]12C=C(C(=O)O)n3c4c(c5ccccc53)CCN(CCC1)[C@H]42.CC[C@@]12C=C(c3nc(C)c(OC)o3)n3c4c(c5ccccc53)CCN(CCC1)[C@H]42.COC(=O)[C@H](C)N.Cl.[2H]CC. The number of piperidine rings is 3. The Morgan fingerprint density at radius 3 is 1.42 bits per heavy atom. The number of ether oxygens (including phenoxy) is 3. The molecule has 13 heterocycles. The molecular formula is C75H95ClN8O9. The number of ketones is 1. The van der Waals surface area contributed by atoms with Gasteiger partial charge in [-0.3, -0.25) is 29.1 Å². The van der Waals surface area contributed by atoms with E-state index < -0.39 is 17.9 Å². The lowest BCUT2D eigenvalue weighted by atomic mass is 9.66.